The molecule has 2 heteroatoms. The minimum Gasteiger partial charge on any atom is -0.508 e. The van der Waals surface area contributed by atoms with E-state index in [0.717, 1.165) is 21.9 Å². The minimum absolute atomic E-state index is 0.0321. The first kappa shape index (κ1) is 12.3. The molecule has 92 valence electrons. The van der Waals surface area contributed by atoms with Gasteiger partial charge < -0.3 is 10.8 Å². The van der Waals surface area contributed by atoms with Gasteiger partial charge in [0.25, 0.3) is 0 Å². The summed E-state index contributed by atoms with van der Waals surface area (Å²) in [4.78, 5) is 0. The number of aromatic hydroxyl groups is 1. The fourth-order valence-corrected chi connectivity index (χ4v) is 2.31. The first-order valence-electron chi connectivity index (χ1n) is 5.91. The van der Waals surface area contributed by atoms with E-state index < -0.39 is 0 Å². The Kier molecular flexibility index (Phi) is 2.92. The van der Waals surface area contributed by atoms with Crippen LogP contribution in [0.5, 0.6) is 5.75 Å². The van der Waals surface area contributed by atoms with E-state index in [1.165, 1.54) is 0 Å². The molecule has 0 heterocycles. The Hall–Kier alpha value is -2.14. The Bertz CT molecular complexity index is 654. The largest absolute Gasteiger partial charge is 0.508 e. The highest BCUT2D eigenvalue weighted by Crippen LogP contribution is 2.34. The molecule has 2 aromatic carbocycles. The van der Waals surface area contributed by atoms with Crippen molar-refractivity contribution in [3.63, 3.8) is 0 Å². The highest BCUT2D eigenvalue weighted by molar-refractivity contribution is 5.89. The number of hydrogen-bond acceptors (Lipinski definition) is 2. The molecule has 0 unspecified atom stereocenters. The van der Waals surface area contributed by atoms with Crippen LogP contribution in [0.1, 0.15) is 31.9 Å². The Morgan fingerprint density at radius 2 is 1.83 bits per heavy atom. The van der Waals surface area contributed by atoms with Gasteiger partial charge in [0, 0.05) is 11.6 Å². The molecule has 0 aliphatic heterocycles. The predicted octanol–water partition coefficient (Wildman–Crippen LogP) is 3.11. The van der Waals surface area contributed by atoms with Gasteiger partial charge in [0.1, 0.15) is 5.75 Å². The molecule has 0 amide bonds. The molecule has 0 fully saturated rings. The van der Waals surface area contributed by atoms with E-state index in [4.69, 9.17) is 5.73 Å². The molecule has 0 spiro atoms. The van der Waals surface area contributed by atoms with Gasteiger partial charge in [0.15, 0.2) is 0 Å². The Balaban J connectivity index is 2.88. The van der Waals surface area contributed by atoms with Gasteiger partial charge in [0.2, 0.25) is 0 Å². The SMILES string of the molecule is CC(C)(C)c1c(C#CN)ccc2cc(O)ccc12. The highest BCUT2D eigenvalue weighted by Gasteiger charge is 2.20. The molecule has 18 heavy (non-hydrogen) atoms. The van der Waals surface area contributed by atoms with Crippen molar-refractivity contribution in [3.05, 3.63) is 41.5 Å². The molecule has 3 N–H and O–H groups in total. The summed E-state index contributed by atoms with van der Waals surface area (Å²) in [6, 6.07) is 11.8. The summed E-state index contributed by atoms with van der Waals surface area (Å²) in [5.41, 5.74) is 7.42. The summed E-state index contributed by atoms with van der Waals surface area (Å²) < 4.78 is 0. The normalized spacial score (nSPS) is 11.1. The Morgan fingerprint density at radius 1 is 1.11 bits per heavy atom. The van der Waals surface area contributed by atoms with Crippen molar-refractivity contribution in [2.24, 2.45) is 5.73 Å². The van der Waals surface area contributed by atoms with Crippen LogP contribution in [0, 0.1) is 12.0 Å². The lowest BCUT2D eigenvalue weighted by Crippen LogP contribution is -2.14. The molecule has 0 saturated heterocycles. The number of hydrogen-bond donors (Lipinski definition) is 2. The van der Waals surface area contributed by atoms with Gasteiger partial charge in [-0.15, -0.1) is 0 Å². The van der Waals surface area contributed by atoms with E-state index in [2.05, 4.69) is 32.7 Å². The Labute approximate surface area is 107 Å². The molecule has 0 aliphatic rings. The van der Waals surface area contributed by atoms with Crippen molar-refractivity contribution in [2.75, 3.05) is 0 Å². The van der Waals surface area contributed by atoms with Crippen LogP contribution in [-0.4, -0.2) is 5.11 Å². The lowest BCUT2D eigenvalue weighted by molar-refractivity contribution is 0.476. The molecule has 0 aromatic heterocycles. The zero-order valence-electron chi connectivity index (χ0n) is 10.9. The average molecular weight is 239 g/mol. The van der Waals surface area contributed by atoms with Crippen molar-refractivity contribution in [1.29, 1.82) is 0 Å². The molecule has 0 bridgehead atoms. The van der Waals surface area contributed by atoms with Gasteiger partial charge in [-0.05, 0) is 45.9 Å². The Morgan fingerprint density at radius 3 is 2.44 bits per heavy atom. The number of phenols is 1. The van der Waals surface area contributed by atoms with Gasteiger partial charge in [-0.1, -0.05) is 32.9 Å². The molecular formula is C16H17NO. The topological polar surface area (TPSA) is 46.2 Å². The van der Waals surface area contributed by atoms with Crippen LogP contribution in [0.3, 0.4) is 0 Å². The third-order valence-electron chi connectivity index (χ3n) is 2.96. The second kappa shape index (κ2) is 4.27. The van der Waals surface area contributed by atoms with Crippen molar-refractivity contribution >= 4 is 10.8 Å². The molecular weight excluding hydrogens is 222 g/mol. The summed E-state index contributed by atoms with van der Waals surface area (Å²) in [6.45, 7) is 6.45. The summed E-state index contributed by atoms with van der Waals surface area (Å²) in [5, 5.41) is 11.7. The lowest BCUT2D eigenvalue weighted by atomic mass is 9.80. The van der Waals surface area contributed by atoms with Crippen LogP contribution in [0.4, 0.5) is 0 Å². The standard InChI is InChI=1S/C16H17NO/c1-16(2,3)15-11(8-9-17)4-5-12-10-13(18)6-7-14(12)15/h4-7,10,18H,17H2,1-3H3. The van der Waals surface area contributed by atoms with Crippen molar-refractivity contribution < 1.29 is 5.11 Å². The quantitative estimate of drug-likeness (QED) is 0.548. The molecule has 2 aromatic rings. The summed E-state index contributed by atoms with van der Waals surface area (Å²) in [6.07, 6.45) is 0. The van der Waals surface area contributed by atoms with Gasteiger partial charge in [-0.25, -0.2) is 0 Å². The van der Waals surface area contributed by atoms with Crippen LogP contribution >= 0.6 is 0 Å². The van der Waals surface area contributed by atoms with Crippen LogP contribution < -0.4 is 5.73 Å². The number of rotatable bonds is 0. The molecule has 0 saturated carbocycles. The van der Waals surface area contributed by atoms with E-state index in [1.807, 2.05) is 18.2 Å². The molecule has 2 rings (SSSR count). The van der Waals surface area contributed by atoms with Gasteiger partial charge in [-0.3, -0.25) is 0 Å². The van der Waals surface area contributed by atoms with E-state index >= 15 is 0 Å². The lowest BCUT2D eigenvalue weighted by Gasteiger charge is -2.23. The van der Waals surface area contributed by atoms with Gasteiger partial charge in [-0.2, -0.15) is 0 Å². The first-order chi connectivity index (χ1) is 8.43. The number of benzene rings is 2. The minimum atomic E-state index is -0.0321. The average Bonchev–Trinajstić information content (AvgIpc) is 2.27. The molecule has 0 aliphatic carbocycles. The second-order valence-electron chi connectivity index (χ2n) is 5.41. The molecule has 0 radical (unpaired) electrons. The van der Waals surface area contributed by atoms with Gasteiger partial charge in [0.05, 0.1) is 0 Å². The van der Waals surface area contributed by atoms with Crippen molar-refractivity contribution in [3.8, 4) is 17.7 Å². The zero-order chi connectivity index (χ0) is 13.3. The summed E-state index contributed by atoms with van der Waals surface area (Å²) in [7, 11) is 0. The maximum absolute atomic E-state index is 9.55. The fourth-order valence-electron chi connectivity index (χ4n) is 2.31. The summed E-state index contributed by atoms with van der Waals surface area (Å²) in [5.74, 6) is 3.23. The maximum atomic E-state index is 9.55. The third kappa shape index (κ3) is 2.12. The first-order valence-corrected chi connectivity index (χ1v) is 5.91. The third-order valence-corrected chi connectivity index (χ3v) is 2.96. The van der Waals surface area contributed by atoms with E-state index in [1.54, 1.807) is 12.1 Å². The van der Waals surface area contributed by atoms with Crippen LogP contribution in [0.25, 0.3) is 10.8 Å². The van der Waals surface area contributed by atoms with E-state index in [9.17, 15) is 5.11 Å². The highest BCUT2D eigenvalue weighted by atomic mass is 16.3. The predicted molar refractivity (Wildman–Crippen MR) is 75.4 cm³/mol. The van der Waals surface area contributed by atoms with Crippen LogP contribution in [0.15, 0.2) is 30.3 Å². The smallest absolute Gasteiger partial charge is 0.116 e. The maximum Gasteiger partial charge on any atom is 0.116 e. The van der Waals surface area contributed by atoms with Gasteiger partial charge >= 0.3 is 0 Å². The number of fused-ring (bicyclic) bond motifs is 1. The monoisotopic (exact) mass is 239 g/mol. The fraction of sp³-hybridized carbons (Fsp3) is 0.250. The van der Waals surface area contributed by atoms with Crippen molar-refractivity contribution in [1.82, 2.24) is 0 Å². The molecule has 2 nitrogen and oxygen atoms in total. The molecule has 0 atom stereocenters. The zero-order valence-corrected chi connectivity index (χ0v) is 10.9. The van der Waals surface area contributed by atoms with Crippen LogP contribution in [-0.2, 0) is 5.41 Å². The number of phenolic OH excluding ortho intramolecular Hbond substituents is 1. The number of nitrogens with two attached hydrogens (primary N) is 1. The van der Waals surface area contributed by atoms with Crippen molar-refractivity contribution in [2.45, 2.75) is 26.2 Å². The van der Waals surface area contributed by atoms with E-state index in [-0.39, 0.29) is 11.2 Å². The van der Waals surface area contributed by atoms with E-state index in [0.29, 0.717) is 0 Å². The summed E-state index contributed by atoms with van der Waals surface area (Å²) >= 11 is 0. The second-order valence-corrected chi connectivity index (χ2v) is 5.41. The van der Waals surface area contributed by atoms with Crippen LogP contribution in [0.2, 0.25) is 0 Å².